The van der Waals surface area contributed by atoms with Crippen LogP contribution in [-0.2, 0) is 11.2 Å². The van der Waals surface area contributed by atoms with Gasteiger partial charge in [-0.3, -0.25) is 4.79 Å². The molecule has 0 unspecified atom stereocenters. The van der Waals surface area contributed by atoms with E-state index in [-0.39, 0.29) is 5.91 Å². The van der Waals surface area contributed by atoms with Crippen LogP contribution in [0.2, 0.25) is 0 Å². The Morgan fingerprint density at radius 1 is 1.21 bits per heavy atom. The summed E-state index contributed by atoms with van der Waals surface area (Å²) in [5.74, 6) is 0.0333. The maximum atomic E-state index is 11.7. The minimum absolute atomic E-state index is 0.0333. The van der Waals surface area contributed by atoms with E-state index in [4.69, 9.17) is 5.73 Å². The number of nitrogens with one attached hydrogen (secondary N) is 1. The van der Waals surface area contributed by atoms with Gasteiger partial charge >= 0.3 is 0 Å². The number of carbonyl (C=O) groups is 1. The van der Waals surface area contributed by atoms with Crippen molar-refractivity contribution in [3.05, 3.63) is 5.01 Å². The van der Waals surface area contributed by atoms with Gasteiger partial charge in [0.2, 0.25) is 11.0 Å². The van der Waals surface area contributed by atoms with Crippen LogP contribution in [0.4, 0.5) is 5.13 Å². The number of hydrogen-bond donors (Lipinski definition) is 2. The van der Waals surface area contributed by atoms with Crippen LogP contribution in [-0.4, -0.2) is 22.6 Å². The molecule has 0 radical (unpaired) electrons. The van der Waals surface area contributed by atoms with Gasteiger partial charge in [0.05, 0.1) is 0 Å². The molecule has 6 heteroatoms. The first-order chi connectivity index (χ1) is 9.26. The van der Waals surface area contributed by atoms with Crippen LogP contribution in [0.3, 0.4) is 0 Å². The highest BCUT2D eigenvalue weighted by molar-refractivity contribution is 7.15. The summed E-state index contributed by atoms with van der Waals surface area (Å²) in [6.07, 6.45) is 7.86. The van der Waals surface area contributed by atoms with Gasteiger partial charge in [-0.2, -0.15) is 0 Å². The molecule has 19 heavy (non-hydrogen) atoms. The fraction of sp³-hybridized carbons (Fsp3) is 0.769. The molecular weight excluding hydrogens is 260 g/mol. The molecule has 0 fully saturated rings. The second-order valence-corrected chi connectivity index (χ2v) is 5.67. The lowest BCUT2D eigenvalue weighted by Gasteiger charge is -2.01. The predicted octanol–water partition coefficient (Wildman–Crippen LogP) is 2.73. The molecule has 0 aromatic carbocycles. The van der Waals surface area contributed by atoms with E-state index in [1.807, 2.05) is 0 Å². The van der Waals surface area contributed by atoms with Crippen LogP contribution in [0.1, 0.15) is 56.9 Å². The fourth-order valence-electron chi connectivity index (χ4n) is 1.70. The summed E-state index contributed by atoms with van der Waals surface area (Å²) in [5.41, 5.74) is 5.42. The maximum Gasteiger partial charge on any atom is 0.226 e. The molecule has 0 bridgehead atoms. The van der Waals surface area contributed by atoms with Crippen LogP contribution >= 0.6 is 11.3 Å². The van der Waals surface area contributed by atoms with Gasteiger partial charge in [0.15, 0.2) is 0 Å². The summed E-state index contributed by atoms with van der Waals surface area (Å²) in [4.78, 5) is 11.7. The maximum absolute atomic E-state index is 11.7. The van der Waals surface area contributed by atoms with Gasteiger partial charge in [-0.15, -0.1) is 10.2 Å². The minimum Gasteiger partial charge on any atom is -0.330 e. The monoisotopic (exact) mass is 284 g/mol. The number of hydrogen-bond acceptors (Lipinski definition) is 5. The van der Waals surface area contributed by atoms with E-state index in [9.17, 15) is 4.79 Å². The molecule has 1 heterocycles. The smallest absolute Gasteiger partial charge is 0.226 e. The first-order valence-electron chi connectivity index (χ1n) is 7.08. The number of unbranched alkanes of at least 4 members (excludes halogenated alkanes) is 4. The highest BCUT2D eigenvalue weighted by atomic mass is 32.1. The third kappa shape index (κ3) is 7.22. The van der Waals surface area contributed by atoms with Crippen LogP contribution in [0.5, 0.6) is 0 Å². The zero-order valence-corrected chi connectivity index (χ0v) is 12.5. The summed E-state index contributed by atoms with van der Waals surface area (Å²) in [6.45, 7) is 2.88. The zero-order chi connectivity index (χ0) is 13.9. The Hall–Kier alpha value is -1.01. The molecule has 1 amide bonds. The molecule has 0 spiro atoms. The van der Waals surface area contributed by atoms with Crippen molar-refractivity contribution in [3.63, 3.8) is 0 Å². The summed E-state index contributed by atoms with van der Waals surface area (Å²) < 4.78 is 0. The van der Waals surface area contributed by atoms with Crippen molar-refractivity contribution in [3.8, 4) is 0 Å². The topological polar surface area (TPSA) is 80.9 Å². The van der Waals surface area contributed by atoms with E-state index in [1.54, 1.807) is 0 Å². The van der Waals surface area contributed by atoms with Crippen molar-refractivity contribution in [1.82, 2.24) is 10.2 Å². The standard InChI is InChI=1S/C13H24N4OS/c1-2-3-9-12-16-17-13(19-12)15-11(18)8-6-4-5-7-10-14/h2-10,14H2,1H3,(H,15,17,18). The van der Waals surface area contributed by atoms with Crippen LogP contribution in [0.25, 0.3) is 0 Å². The molecule has 0 aliphatic heterocycles. The summed E-state index contributed by atoms with van der Waals surface area (Å²) >= 11 is 1.48. The minimum atomic E-state index is 0.0333. The van der Waals surface area contributed by atoms with E-state index in [0.29, 0.717) is 11.6 Å². The lowest BCUT2D eigenvalue weighted by Crippen LogP contribution is -2.10. The quantitative estimate of drug-likeness (QED) is 0.647. The Kier molecular flexibility index (Phi) is 8.33. The van der Waals surface area contributed by atoms with Gasteiger partial charge < -0.3 is 11.1 Å². The Bertz CT molecular complexity index is 367. The normalized spacial score (nSPS) is 10.6. The van der Waals surface area contributed by atoms with Gasteiger partial charge in [0.1, 0.15) is 5.01 Å². The predicted molar refractivity (Wildman–Crippen MR) is 79.3 cm³/mol. The van der Waals surface area contributed by atoms with Crippen molar-refractivity contribution in [2.45, 2.75) is 58.3 Å². The van der Waals surface area contributed by atoms with Crippen LogP contribution < -0.4 is 11.1 Å². The molecule has 1 rings (SSSR count). The number of amides is 1. The van der Waals surface area contributed by atoms with Gasteiger partial charge in [-0.1, -0.05) is 37.5 Å². The van der Waals surface area contributed by atoms with E-state index in [2.05, 4.69) is 22.4 Å². The second kappa shape index (κ2) is 9.86. The molecule has 3 N–H and O–H groups in total. The summed E-state index contributed by atoms with van der Waals surface area (Å²) in [7, 11) is 0. The number of nitrogens with two attached hydrogens (primary N) is 1. The van der Waals surface area contributed by atoms with Gasteiger partial charge in [0, 0.05) is 12.8 Å². The van der Waals surface area contributed by atoms with E-state index >= 15 is 0 Å². The Labute approximate surface area is 119 Å². The lowest BCUT2D eigenvalue weighted by atomic mass is 10.1. The molecule has 0 atom stereocenters. The average Bonchev–Trinajstić information content (AvgIpc) is 2.83. The molecule has 0 saturated heterocycles. The molecule has 1 aromatic rings. The van der Waals surface area contributed by atoms with E-state index in [1.165, 1.54) is 11.3 Å². The van der Waals surface area contributed by atoms with Crippen molar-refractivity contribution in [2.75, 3.05) is 11.9 Å². The lowest BCUT2D eigenvalue weighted by molar-refractivity contribution is -0.116. The Morgan fingerprint density at radius 2 is 2.00 bits per heavy atom. The number of nitrogens with zero attached hydrogens (tertiary/aromatic N) is 2. The zero-order valence-electron chi connectivity index (χ0n) is 11.7. The van der Waals surface area contributed by atoms with E-state index in [0.717, 1.165) is 56.5 Å². The third-order valence-corrected chi connectivity index (χ3v) is 3.71. The highest BCUT2D eigenvalue weighted by Crippen LogP contribution is 2.17. The number of rotatable bonds is 10. The first-order valence-corrected chi connectivity index (χ1v) is 7.90. The largest absolute Gasteiger partial charge is 0.330 e. The SMILES string of the molecule is CCCCc1nnc(NC(=O)CCCCCCN)s1. The van der Waals surface area contributed by atoms with Crippen LogP contribution in [0, 0.1) is 0 Å². The average molecular weight is 284 g/mol. The third-order valence-electron chi connectivity index (χ3n) is 2.82. The van der Waals surface area contributed by atoms with Crippen molar-refractivity contribution < 1.29 is 4.79 Å². The number of aromatic nitrogens is 2. The van der Waals surface area contributed by atoms with Crippen molar-refractivity contribution >= 4 is 22.4 Å². The van der Waals surface area contributed by atoms with Gasteiger partial charge in [-0.25, -0.2) is 0 Å². The van der Waals surface area contributed by atoms with Crippen molar-refractivity contribution in [2.24, 2.45) is 5.73 Å². The van der Waals surface area contributed by atoms with Gasteiger partial charge in [0.25, 0.3) is 0 Å². The molecule has 5 nitrogen and oxygen atoms in total. The second-order valence-electron chi connectivity index (χ2n) is 4.61. The Balaban J connectivity index is 2.18. The molecule has 1 aromatic heterocycles. The molecular formula is C13H24N4OS. The number of aryl methyl sites for hydroxylation is 1. The number of anilines is 1. The number of carbonyl (C=O) groups excluding carboxylic acids is 1. The molecule has 0 aliphatic carbocycles. The molecule has 0 saturated carbocycles. The first kappa shape index (κ1) is 16.0. The van der Waals surface area contributed by atoms with Crippen molar-refractivity contribution in [1.29, 1.82) is 0 Å². The van der Waals surface area contributed by atoms with Crippen LogP contribution in [0.15, 0.2) is 0 Å². The highest BCUT2D eigenvalue weighted by Gasteiger charge is 2.07. The van der Waals surface area contributed by atoms with Gasteiger partial charge in [-0.05, 0) is 25.8 Å². The molecule has 108 valence electrons. The summed E-state index contributed by atoms with van der Waals surface area (Å²) in [6, 6.07) is 0. The summed E-state index contributed by atoms with van der Waals surface area (Å²) in [5, 5.41) is 12.5. The Morgan fingerprint density at radius 3 is 2.74 bits per heavy atom. The fourth-order valence-corrected chi connectivity index (χ4v) is 2.50. The van der Waals surface area contributed by atoms with E-state index < -0.39 is 0 Å². The molecule has 0 aliphatic rings.